The molecule has 3 aromatic rings. The van der Waals surface area contributed by atoms with Crippen molar-refractivity contribution in [3.8, 4) is 11.4 Å². The molecule has 3 N–H and O–H groups in total. The van der Waals surface area contributed by atoms with Crippen molar-refractivity contribution in [2.75, 3.05) is 17.2 Å². The number of para-hydroxylation sites is 1. The van der Waals surface area contributed by atoms with E-state index in [2.05, 4.69) is 25.6 Å². The highest BCUT2D eigenvalue weighted by atomic mass is 19.4. The van der Waals surface area contributed by atoms with Crippen LogP contribution in [-0.4, -0.2) is 32.7 Å². The topological polar surface area (TPSA) is 83.0 Å². The lowest BCUT2D eigenvalue weighted by Gasteiger charge is -2.17. The summed E-state index contributed by atoms with van der Waals surface area (Å²) in [6, 6.07) is 8.72. The molecular weight excluding hydrogens is 390 g/mol. The van der Waals surface area contributed by atoms with Gasteiger partial charge in [-0.05, 0) is 31.2 Å². The van der Waals surface area contributed by atoms with Crippen molar-refractivity contribution in [1.82, 2.24) is 15.0 Å². The van der Waals surface area contributed by atoms with Crippen molar-refractivity contribution in [1.29, 1.82) is 0 Å². The minimum atomic E-state index is -4.76. The molecule has 152 valence electrons. The predicted octanol–water partition coefficient (Wildman–Crippen LogP) is 4.23. The van der Waals surface area contributed by atoms with E-state index in [9.17, 15) is 22.7 Å². The van der Waals surface area contributed by atoms with Gasteiger partial charge in [-0.3, -0.25) is 4.98 Å². The average Bonchev–Trinajstić information content (AvgIpc) is 2.69. The zero-order valence-corrected chi connectivity index (χ0v) is 15.2. The Hall–Kier alpha value is -3.27. The molecule has 29 heavy (non-hydrogen) atoms. The van der Waals surface area contributed by atoms with E-state index in [1.165, 1.54) is 12.3 Å². The van der Waals surface area contributed by atoms with Crippen LogP contribution in [-0.2, 0) is 6.18 Å². The van der Waals surface area contributed by atoms with Crippen LogP contribution in [0.15, 0.2) is 48.7 Å². The van der Waals surface area contributed by atoms with Crippen LogP contribution in [0.25, 0.3) is 11.4 Å². The zero-order valence-electron chi connectivity index (χ0n) is 15.2. The van der Waals surface area contributed by atoms with E-state index >= 15 is 0 Å². The molecule has 0 fully saturated rings. The number of anilines is 3. The lowest BCUT2D eigenvalue weighted by atomic mass is 10.1. The van der Waals surface area contributed by atoms with Crippen LogP contribution in [0.5, 0.6) is 0 Å². The number of hydrogen-bond donors (Lipinski definition) is 3. The molecule has 3 rings (SSSR count). The van der Waals surface area contributed by atoms with Gasteiger partial charge in [0, 0.05) is 18.3 Å². The molecule has 0 unspecified atom stereocenters. The number of alkyl halides is 3. The first kappa shape index (κ1) is 20.5. The van der Waals surface area contributed by atoms with Gasteiger partial charge in [0.25, 0.3) is 0 Å². The summed E-state index contributed by atoms with van der Waals surface area (Å²) < 4.78 is 54.0. The Bertz CT molecular complexity index is 982. The molecule has 0 spiro atoms. The van der Waals surface area contributed by atoms with Crippen molar-refractivity contribution in [2.24, 2.45) is 0 Å². The zero-order chi connectivity index (χ0) is 21.0. The van der Waals surface area contributed by atoms with Gasteiger partial charge in [0.1, 0.15) is 11.6 Å². The van der Waals surface area contributed by atoms with Crippen LogP contribution in [0.2, 0.25) is 0 Å². The first-order chi connectivity index (χ1) is 13.8. The highest BCUT2D eigenvalue weighted by Gasteiger charge is 2.35. The third-order valence-corrected chi connectivity index (χ3v) is 3.87. The summed E-state index contributed by atoms with van der Waals surface area (Å²) in [7, 11) is 0. The normalized spacial score (nSPS) is 12.5. The van der Waals surface area contributed by atoms with Gasteiger partial charge in [-0.1, -0.05) is 12.1 Å². The highest BCUT2D eigenvalue weighted by molar-refractivity contribution is 5.67. The monoisotopic (exact) mass is 407 g/mol. The Morgan fingerprint density at radius 3 is 2.52 bits per heavy atom. The average molecular weight is 407 g/mol. The molecule has 1 atom stereocenters. The molecule has 0 bridgehead atoms. The van der Waals surface area contributed by atoms with E-state index in [0.717, 1.165) is 18.2 Å². The van der Waals surface area contributed by atoms with Gasteiger partial charge < -0.3 is 15.7 Å². The van der Waals surface area contributed by atoms with Gasteiger partial charge in [-0.2, -0.15) is 18.2 Å². The van der Waals surface area contributed by atoms with Crippen molar-refractivity contribution in [3.05, 3.63) is 60.0 Å². The maximum Gasteiger partial charge on any atom is 0.418 e. The van der Waals surface area contributed by atoms with Crippen molar-refractivity contribution in [3.63, 3.8) is 0 Å². The minimum absolute atomic E-state index is 0.0436. The summed E-state index contributed by atoms with van der Waals surface area (Å²) in [5, 5.41) is 14.5. The van der Waals surface area contributed by atoms with E-state index in [4.69, 9.17) is 0 Å². The summed E-state index contributed by atoms with van der Waals surface area (Å²) in [4.78, 5) is 12.5. The van der Waals surface area contributed by atoms with Crippen LogP contribution in [0.1, 0.15) is 12.5 Å². The second-order valence-corrected chi connectivity index (χ2v) is 6.19. The molecular formula is C19H17F4N5O. The summed E-state index contributed by atoms with van der Waals surface area (Å²) >= 11 is 0. The van der Waals surface area contributed by atoms with Gasteiger partial charge >= 0.3 is 6.18 Å². The quantitative estimate of drug-likeness (QED) is 0.531. The highest BCUT2D eigenvalue weighted by Crippen LogP contribution is 2.37. The SMILES string of the molecule is C[C@@H](CO)Nc1nc(Nc2c(F)cccc2C(F)(F)F)cc(-c2ccccn2)n1. The van der Waals surface area contributed by atoms with E-state index < -0.39 is 29.3 Å². The maximum atomic E-state index is 14.2. The maximum absolute atomic E-state index is 14.2. The number of aromatic nitrogens is 3. The molecule has 0 radical (unpaired) electrons. The molecule has 0 aliphatic heterocycles. The molecule has 0 amide bonds. The Kier molecular flexibility index (Phi) is 5.92. The summed E-state index contributed by atoms with van der Waals surface area (Å²) in [5.74, 6) is -1.10. The van der Waals surface area contributed by atoms with Crippen LogP contribution in [0.4, 0.5) is 35.0 Å². The van der Waals surface area contributed by atoms with E-state index in [0.29, 0.717) is 11.4 Å². The van der Waals surface area contributed by atoms with Gasteiger partial charge in [0.15, 0.2) is 0 Å². The standard InChI is InChI=1S/C19H17F4N5O/c1-11(10-29)25-18-26-15(14-7-2-3-8-24-14)9-16(28-18)27-17-12(19(21,22)23)5-4-6-13(17)20/h2-9,11,29H,10H2,1H3,(H2,25,26,27,28)/t11-/m0/s1. The first-order valence-electron chi connectivity index (χ1n) is 8.58. The van der Waals surface area contributed by atoms with Crippen molar-refractivity contribution in [2.45, 2.75) is 19.1 Å². The Morgan fingerprint density at radius 1 is 1.07 bits per heavy atom. The number of benzene rings is 1. The van der Waals surface area contributed by atoms with Crippen molar-refractivity contribution < 1.29 is 22.7 Å². The van der Waals surface area contributed by atoms with Crippen LogP contribution >= 0.6 is 0 Å². The van der Waals surface area contributed by atoms with Gasteiger partial charge in [-0.25, -0.2) is 9.37 Å². The molecule has 0 aliphatic carbocycles. The smallest absolute Gasteiger partial charge is 0.394 e. The van der Waals surface area contributed by atoms with Crippen LogP contribution in [0.3, 0.4) is 0 Å². The number of aliphatic hydroxyl groups excluding tert-OH is 1. The molecule has 0 saturated carbocycles. The fraction of sp³-hybridized carbons (Fsp3) is 0.211. The summed E-state index contributed by atoms with van der Waals surface area (Å²) in [6.07, 6.45) is -3.22. The molecule has 2 heterocycles. The van der Waals surface area contributed by atoms with Gasteiger partial charge in [-0.15, -0.1) is 0 Å². The van der Waals surface area contributed by atoms with Crippen molar-refractivity contribution >= 4 is 17.5 Å². The predicted molar refractivity (Wildman–Crippen MR) is 100 cm³/mol. The number of aliphatic hydroxyl groups is 1. The van der Waals surface area contributed by atoms with E-state index in [1.54, 1.807) is 25.1 Å². The Labute approximate surface area is 163 Å². The molecule has 10 heteroatoms. The first-order valence-corrected chi connectivity index (χ1v) is 8.58. The van der Waals surface area contributed by atoms with E-state index in [-0.39, 0.29) is 18.4 Å². The lowest BCUT2D eigenvalue weighted by molar-refractivity contribution is -0.137. The molecule has 2 aromatic heterocycles. The number of pyridine rings is 1. The van der Waals surface area contributed by atoms with E-state index in [1.807, 2.05) is 0 Å². The van der Waals surface area contributed by atoms with Crippen LogP contribution < -0.4 is 10.6 Å². The Morgan fingerprint density at radius 2 is 1.86 bits per heavy atom. The largest absolute Gasteiger partial charge is 0.418 e. The molecule has 0 aliphatic rings. The molecule has 6 nitrogen and oxygen atoms in total. The molecule has 0 saturated heterocycles. The number of halogens is 4. The minimum Gasteiger partial charge on any atom is -0.394 e. The second-order valence-electron chi connectivity index (χ2n) is 6.19. The van der Waals surface area contributed by atoms with Crippen LogP contribution in [0, 0.1) is 5.82 Å². The summed E-state index contributed by atoms with van der Waals surface area (Å²) in [5.41, 5.74) is -1.15. The third-order valence-electron chi connectivity index (χ3n) is 3.87. The fourth-order valence-corrected chi connectivity index (χ4v) is 2.50. The molecule has 1 aromatic carbocycles. The van der Waals surface area contributed by atoms with Gasteiger partial charge in [0.05, 0.1) is 29.2 Å². The fourth-order valence-electron chi connectivity index (χ4n) is 2.50. The summed E-state index contributed by atoms with van der Waals surface area (Å²) in [6.45, 7) is 1.45. The number of hydrogen-bond acceptors (Lipinski definition) is 6. The Balaban J connectivity index is 2.07. The number of nitrogens with one attached hydrogen (secondary N) is 2. The third kappa shape index (κ3) is 4.96. The van der Waals surface area contributed by atoms with Gasteiger partial charge in [0.2, 0.25) is 5.95 Å². The number of rotatable bonds is 6. The lowest BCUT2D eigenvalue weighted by Crippen LogP contribution is -2.21. The number of nitrogens with zero attached hydrogens (tertiary/aromatic N) is 3. The second kappa shape index (κ2) is 8.39.